The molecule has 0 atom stereocenters. The van der Waals surface area contributed by atoms with Crippen molar-refractivity contribution in [1.82, 2.24) is 0 Å². The number of amidine groups is 1. The minimum absolute atomic E-state index is 0.683. The number of aliphatic imine (C=N–C) groups is 1. The Morgan fingerprint density at radius 2 is 2.38 bits per heavy atom. The lowest BCUT2D eigenvalue weighted by atomic mass is 10.3. The highest BCUT2D eigenvalue weighted by molar-refractivity contribution is 8.00. The molecule has 0 aromatic heterocycles. The Kier molecular flexibility index (Phi) is 2.14. The summed E-state index contributed by atoms with van der Waals surface area (Å²) in [6.45, 7) is 0. The lowest BCUT2D eigenvalue weighted by molar-refractivity contribution is 0.414. The summed E-state index contributed by atoms with van der Waals surface area (Å²) in [6.07, 6.45) is 0. The summed E-state index contributed by atoms with van der Waals surface area (Å²) in [5, 5.41) is 0. The maximum atomic E-state index is 5.62. The highest BCUT2D eigenvalue weighted by Crippen LogP contribution is 2.35. The second-order valence-corrected chi connectivity index (χ2v) is 3.74. The molecule has 1 aliphatic rings. The summed E-state index contributed by atoms with van der Waals surface area (Å²) in [5.41, 5.74) is 6.56. The number of hydrogen-bond acceptors (Lipinski definition) is 4. The van der Waals surface area contributed by atoms with Gasteiger partial charge in [-0.2, -0.15) is 0 Å². The molecular weight excluding hydrogens is 184 g/mol. The van der Waals surface area contributed by atoms with Gasteiger partial charge in [0.1, 0.15) is 11.6 Å². The average molecular weight is 194 g/mol. The van der Waals surface area contributed by atoms with E-state index < -0.39 is 0 Å². The normalized spacial score (nSPS) is 14.7. The molecule has 13 heavy (non-hydrogen) atoms. The summed E-state index contributed by atoms with van der Waals surface area (Å²) in [5.74, 6) is 2.31. The van der Waals surface area contributed by atoms with Gasteiger partial charge in [0.05, 0.1) is 18.6 Å². The highest BCUT2D eigenvalue weighted by atomic mass is 32.2. The van der Waals surface area contributed by atoms with Crippen molar-refractivity contribution in [3.05, 3.63) is 18.2 Å². The zero-order valence-corrected chi connectivity index (χ0v) is 8.10. The molecule has 0 unspecified atom stereocenters. The molecule has 68 valence electrons. The Hall–Kier alpha value is -1.16. The number of ether oxygens (including phenoxy) is 1. The van der Waals surface area contributed by atoms with E-state index >= 15 is 0 Å². The van der Waals surface area contributed by atoms with Crippen LogP contribution in [0.25, 0.3) is 0 Å². The molecule has 2 rings (SSSR count). The van der Waals surface area contributed by atoms with E-state index in [9.17, 15) is 0 Å². The molecule has 2 N–H and O–H groups in total. The topological polar surface area (TPSA) is 47.6 Å². The molecule has 0 saturated carbocycles. The van der Waals surface area contributed by atoms with Crippen LogP contribution in [0.3, 0.4) is 0 Å². The van der Waals surface area contributed by atoms with Crippen molar-refractivity contribution >= 4 is 23.3 Å². The van der Waals surface area contributed by atoms with Crippen LogP contribution in [-0.4, -0.2) is 18.7 Å². The number of nitrogens with zero attached hydrogens (tertiary/aromatic N) is 1. The molecule has 0 bridgehead atoms. The van der Waals surface area contributed by atoms with Gasteiger partial charge in [-0.25, -0.2) is 4.99 Å². The van der Waals surface area contributed by atoms with Crippen molar-refractivity contribution < 1.29 is 4.74 Å². The Morgan fingerprint density at radius 3 is 3.15 bits per heavy atom. The van der Waals surface area contributed by atoms with Crippen molar-refractivity contribution in [2.45, 2.75) is 4.90 Å². The Morgan fingerprint density at radius 1 is 1.54 bits per heavy atom. The standard InChI is InChI=1S/C9H10N2OS/c1-12-6-2-3-7-8(4-6)13-5-9(10)11-7/h2-4H,5H2,1H3,(H2,10,11). The van der Waals surface area contributed by atoms with Gasteiger partial charge in [-0.15, -0.1) is 11.8 Å². The van der Waals surface area contributed by atoms with Crippen LogP contribution in [0.4, 0.5) is 5.69 Å². The molecule has 3 nitrogen and oxygen atoms in total. The molecular formula is C9H10N2OS. The maximum absolute atomic E-state index is 5.62. The summed E-state index contributed by atoms with van der Waals surface area (Å²) >= 11 is 1.69. The van der Waals surface area contributed by atoms with Crippen LogP contribution in [0.1, 0.15) is 0 Å². The van der Waals surface area contributed by atoms with Gasteiger partial charge >= 0.3 is 0 Å². The van der Waals surface area contributed by atoms with Gasteiger partial charge < -0.3 is 10.5 Å². The second-order valence-electron chi connectivity index (χ2n) is 2.73. The predicted octanol–water partition coefficient (Wildman–Crippen LogP) is 1.79. The molecule has 0 spiro atoms. The third-order valence-electron chi connectivity index (χ3n) is 1.81. The molecule has 0 radical (unpaired) electrons. The fraction of sp³-hybridized carbons (Fsp3) is 0.222. The molecule has 0 saturated heterocycles. The fourth-order valence-corrected chi connectivity index (χ4v) is 2.00. The van der Waals surface area contributed by atoms with Crippen molar-refractivity contribution in [2.75, 3.05) is 12.9 Å². The van der Waals surface area contributed by atoms with Gasteiger partial charge in [0.15, 0.2) is 0 Å². The molecule has 0 amide bonds. The molecule has 1 aromatic carbocycles. The highest BCUT2D eigenvalue weighted by Gasteiger charge is 2.10. The second kappa shape index (κ2) is 3.30. The van der Waals surface area contributed by atoms with Crippen LogP contribution in [0.15, 0.2) is 28.1 Å². The van der Waals surface area contributed by atoms with Gasteiger partial charge in [0.2, 0.25) is 0 Å². The van der Waals surface area contributed by atoms with Crippen LogP contribution in [0, 0.1) is 0 Å². The first kappa shape index (κ1) is 8.44. The number of fused-ring (bicyclic) bond motifs is 1. The van der Waals surface area contributed by atoms with Crippen molar-refractivity contribution in [3.63, 3.8) is 0 Å². The van der Waals surface area contributed by atoms with Crippen molar-refractivity contribution in [2.24, 2.45) is 10.7 Å². The first-order valence-electron chi connectivity index (χ1n) is 3.93. The van der Waals surface area contributed by atoms with E-state index in [1.54, 1.807) is 18.9 Å². The first-order chi connectivity index (χ1) is 6.29. The van der Waals surface area contributed by atoms with E-state index in [2.05, 4.69) is 4.99 Å². The number of nitrogens with two attached hydrogens (primary N) is 1. The molecule has 1 aliphatic heterocycles. The Balaban J connectivity index is 2.43. The predicted molar refractivity (Wildman–Crippen MR) is 55.0 cm³/mol. The van der Waals surface area contributed by atoms with E-state index in [-0.39, 0.29) is 0 Å². The molecule has 0 aliphatic carbocycles. The lowest BCUT2D eigenvalue weighted by Crippen LogP contribution is -2.16. The quantitative estimate of drug-likeness (QED) is 0.741. The first-order valence-corrected chi connectivity index (χ1v) is 4.92. The van der Waals surface area contributed by atoms with E-state index in [0.29, 0.717) is 5.84 Å². The average Bonchev–Trinajstić information content (AvgIpc) is 2.17. The van der Waals surface area contributed by atoms with E-state index in [1.165, 1.54) is 0 Å². The van der Waals surface area contributed by atoms with Crippen molar-refractivity contribution in [3.8, 4) is 5.75 Å². The van der Waals surface area contributed by atoms with Crippen LogP contribution >= 0.6 is 11.8 Å². The number of rotatable bonds is 1. The van der Waals surface area contributed by atoms with Crippen molar-refractivity contribution in [1.29, 1.82) is 0 Å². The largest absolute Gasteiger partial charge is 0.497 e. The van der Waals surface area contributed by atoms with Gasteiger partial charge in [-0.05, 0) is 18.2 Å². The van der Waals surface area contributed by atoms with Crippen LogP contribution in [0.5, 0.6) is 5.75 Å². The van der Waals surface area contributed by atoms with Gasteiger partial charge in [-0.3, -0.25) is 0 Å². The summed E-state index contributed by atoms with van der Waals surface area (Å²) < 4.78 is 5.11. The summed E-state index contributed by atoms with van der Waals surface area (Å²) in [7, 11) is 1.66. The van der Waals surface area contributed by atoms with Gasteiger partial charge in [0, 0.05) is 4.90 Å². The van der Waals surface area contributed by atoms with Gasteiger partial charge in [0.25, 0.3) is 0 Å². The van der Waals surface area contributed by atoms with Crippen LogP contribution < -0.4 is 10.5 Å². The number of hydrogen-bond donors (Lipinski definition) is 1. The van der Waals surface area contributed by atoms with E-state index in [0.717, 1.165) is 22.1 Å². The Bertz CT molecular complexity index is 363. The van der Waals surface area contributed by atoms with E-state index in [1.807, 2.05) is 18.2 Å². The number of benzene rings is 1. The lowest BCUT2D eigenvalue weighted by Gasteiger charge is -2.12. The Labute approximate surface area is 81.0 Å². The third-order valence-corrected chi connectivity index (χ3v) is 2.88. The molecule has 1 heterocycles. The summed E-state index contributed by atoms with van der Waals surface area (Å²) in [6, 6.07) is 5.80. The smallest absolute Gasteiger partial charge is 0.120 e. The number of methoxy groups -OCH3 is 1. The van der Waals surface area contributed by atoms with E-state index in [4.69, 9.17) is 10.5 Å². The third kappa shape index (κ3) is 1.62. The SMILES string of the molecule is COc1ccc2c(c1)SCC(N)=N2. The minimum Gasteiger partial charge on any atom is -0.497 e. The zero-order valence-electron chi connectivity index (χ0n) is 7.28. The summed E-state index contributed by atoms with van der Waals surface area (Å²) in [4.78, 5) is 5.37. The molecule has 1 aromatic rings. The molecule has 0 fully saturated rings. The zero-order chi connectivity index (χ0) is 9.26. The number of thioether (sulfide) groups is 1. The minimum atomic E-state index is 0.683. The van der Waals surface area contributed by atoms with Crippen LogP contribution in [0.2, 0.25) is 0 Å². The van der Waals surface area contributed by atoms with Gasteiger partial charge in [-0.1, -0.05) is 0 Å². The fourth-order valence-electron chi connectivity index (χ4n) is 1.17. The molecule has 4 heteroatoms. The monoisotopic (exact) mass is 194 g/mol. The van der Waals surface area contributed by atoms with Crippen LogP contribution in [-0.2, 0) is 0 Å². The maximum Gasteiger partial charge on any atom is 0.120 e.